The zero-order chi connectivity index (χ0) is 22.4. The summed E-state index contributed by atoms with van der Waals surface area (Å²) in [4.78, 5) is 28.3. The van der Waals surface area contributed by atoms with Crippen molar-refractivity contribution in [1.82, 2.24) is 4.90 Å². The van der Waals surface area contributed by atoms with Crippen molar-refractivity contribution in [3.63, 3.8) is 0 Å². The number of nitrogens with zero attached hydrogens (tertiary/aromatic N) is 1. The predicted octanol–water partition coefficient (Wildman–Crippen LogP) is 5.44. The summed E-state index contributed by atoms with van der Waals surface area (Å²) in [5.41, 5.74) is 1.23. The molecule has 2 atom stereocenters. The number of ether oxygens (including phenoxy) is 2. The average Bonchev–Trinajstić information content (AvgIpc) is 3.11. The van der Waals surface area contributed by atoms with Crippen LogP contribution in [0.1, 0.15) is 29.3 Å². The Morgan fingerprint density at radius 2 is 1.50 bits per heavy atom. The van der Waals surface area contributed by atoms with Gasteiger partial charge in [-0.25, -0.2) is 9.59 Å². The van der Waals surface area contributed by atoms with E-state index in [0.717, 1.165) is 11.1 Å². The van der Waals surface area contributed by atoms with Crippen LogP contribution in [0.2, 0.25) is 0 Å². The van der Waals surface area contributed by atoms with E-state index in [9.17, 15) is 9.59 Å². The van der Waals surface area contributed by atoms with Crippen LogP contribution < -0.4 is 0 Å². The van der Waals surface area contributed by atoms with Crippen LogP contribution >= 0.6 is 0 Å². The Bertz CT molecular complexity index is 1070. The molecule has 2 unspecified atom stereocenters. The quantitative estimate of drug-likeness (QED) is 0.372. The van der Waals surface area contributed by atoms with Gasteiger partial charge in [0.15, 0.2) is 5.54 Å². The number of carbonyl (C=O) groups is 2. The number of benzene rings is 3. The lowest BCUT2D eigenvalue weighted by Gasteiger charge is -2.35. The zero-order valence-corrected chi connectivity index (χ0v) is 17.7. The van der Waals surface area contributed by atoms with Gasteiger partial charge in [-0.2, -0.15) is 0 Å². The molecule has 0 bridgehead atoms. The van der Waals surface area contributed by atoms with Crippen LogP contribution in [0.4, 0.5) is 4.79 Å². The Hall–Kier alpha value is -3.86. The Labute approximate surface area is 187 Å². The van der Waals surface area contributed by atoms with Crippen molar-refractivity contribution in [2.45, 2.75) is 31.2 Å². The number of hydrogen-bond donors (Lipinski definition) is 0. The van der Waals surface area contributed by atoms with Gasteiger partial charge in [0.25, 0.3) is 0 Å². The molecule has 162 valence electrons. The molecule has 0 N–H and O–H groups in total. The molecule has 0 aromatic heterocycles. The van der Waals surface area contributed by atoms with Crippen molar-refractivity contribution in [3.05, 3.63) is 120 Å². The molecule has 5 nitrogen and oxygen atoms in total. The van der Waals surface area contributed by atoms with Crippen molar-refractivity contribution in [1.29, 1.82) is 0 Å². The van der Waals surface area contributed by atoms with E-state index < -0.39 is 23.8 Å². The molecule has 1 aliphatic rings. The first-order chi connectivity index (χ1) is 15.6. The maximum absolute atomic E-state index is 13.5. The molecule has 32 heavy (non-hydrogen) atoms. The van der Waals surface area contributed by atoms with Gasteiger partial charge in [-0.15, -0.1) is 6.58 Å². The highest BCUT2D eigenvalue weighted by molar-refractivity contribution is 5.89. The van der Waals surface area contributed by atoms with Gasteiger partial charge in [0.05, 0.1) is 0 Å². The van der Waals surface area contributed by atoms with Gasteiger partial charge in [-0.1, -0.05) is 97.1 Å². The Morgan fingerprint density at radius 3 is 2.09 bits per heavy atom. The van der Waals surface area contributed by atoms with Crippen molar-refractivity contribution < 1.29 is 19.1 Å². The third-order valence-corrected chi connectivity index (χ3v) is 5.60. The molecule has 5 heteroatoms. The number of esters is 1. The molecule has 0 aliphatic carbocycles. The molecular formula is C27H25NO4. The van der Waals surface area contributed by atoms with Gasteiger partial charge >= 0.3 is 12.1 Å². The van der Waals surface area contributed by atoms with Crippen LogP contribution in [0.3, 0.4) is 0 Å². The maximum Gasteiger partial charge on any atom is 0.414 e. The molecule has 3 aromatic carbocycles. The van der Waals surface area contributed by atoms with Gasteiger partial charge in [0.1, 0.15) is 6.61 Å². The normalized spacial score (nSPS) is 19.9. The minimum absolute atomic E-state index is 0.0986. The fourth-order valence-corrected chi connectivity index (χ4v) is 4.06. The first-order valence-corrected chi connectivity index (χ1v) is 10.5. The van der Waals surface area contributed by atoms with Gasteiger partial charge in [-0.3, -0.25) is 4.90 Å². The summed E-state index contributed by atoms with van der Waals surface area (Å²) >= 11 is 0. The Morgan fingerprint density at radius 1 is 0.938 bits per heavy atom. The number of rotatable bonds is 7. The van der Waals surface area contributed by atoms with E-state index >= 15 is 0 Å². The highest BCUT2D eigenvalue weighted by Crippen LogP contribution is 2.43. The van der Waals surface area contributed by atoms with Crippen molar-refractivity contribution in [2.24, 2.45) is 0 Å². The van der Waals surface area contributed by atoms with Crippen LogP contribution in [0.5, 0.6) is 0 Å². The second-order valence-electron chi connectivity index (χ2n) is 7.77. The van der Waals surface area contributed by atoms with Crippen LogP contribution in [-0.4, -0.2) is 22.5 Å². The smallest absolute Gasteiger partial charge is 0.414 e. The lowest BCUT2D eigenvalue weighted by molar-refractivity contribution is -0.145. The first kappa shape index (κ1) is 21.4. The zero-order valence-electron chi connectivity index (χ0n) is 17.7. The second kappa shape index (κ2) is 9.52. The van der Waals surface area contributed by atoms with Crippen LogP contribution in [0.15, 0.2) is 104 Å². The van der Waals surface area contributed by atoms with Crippen LogP contribution in [0, 0.1) is 0 Å². The van der Waals surface area contributed by atoms with Crippen LogP contribution in [0.25, 0.3) is 0 Å². The van der Waals surface area contributed by atoms with Gasteiger partial charge in [-0.05, 0) is 17.5 Å². The molecule has 1 heterocycles. The summed E-state index contributed by atoms with van der Waals surface area (Å²) in [6.07, 6.45) is 0.698. The largest absolute Gasteiger partial charge is 0.444 e. The molecule has 1 amide bonds. The molecule has 4 rings (SSSR count). The third kappa shape index (κ3) is 4.28. The molecule has 0 spiro atoms. The second-order valence-corrected chi connectivity index (χ2v) is 7.77. The van der Waals surface area contributed by atoms with Gasteiger partial charge in [0.2, 0.25) is 6.23 Å². The molecule has 1 saturated heterocycles. The summed E-state index contributed by atoms with van der Waals surface area (Å²) in [5.74, 6) is -0.466. The van der Waals surface area contributed by atoms with E-state index in [1.54, 1.807) is 6.08 Å². The van der Waals surface area contributed by atoms with E-state index in [4.69, 9.17) is 9.47 Å². The summed E-state index contributed by atoms with van der Waals surface area (Å²) in [6.45, 7) is 3.94. The Balaban J connectivity index is 1.72. The fraction of sp³-hybridized carbons (Fsp3) is 0.185. The van der Waals surface area contributed by atoms with Crippen LogP contribution in [-0.2, 0) is 27.3 Å². The van der Waals surface area contributed by atoms with E-state index in [2.05, 4.69) is 6.58 Å². The highest BCUT2D eigenvalue weighted by atomic mass is 16.6. The average molecular weight is 428 g/mol. The molecule has 1 aliphatic heterocycles. The molecular weight excluding hydrogens is 402 g/mol. The minimum Gasteiger partial charge on any atom is -0.444 e. The van der Waals surface area contributed by atoms with E-state index in [1.165, 1.54) is 4.90 Å². The maximum atomic E-state index is 13.5. The molecule has 0 saturated carbocycles. The Kier molecular flexibility index (Phi) is 6.36. The summed E-state index contributed by atoms with van der Waals surface area (Å²) < 4.78 is 11.5. The summed E-state index contributed by atoms with van der Waals surface area (Å²) in [7, 11) is 0. The molecule has 0 radical (unpaired) electrons. The lowest BCUT2D eigenvalue weighted by atomic mass is 9.86. The third-order valence-electron chi connectivity index (χ3n) is 5.60. The molecule has 1 fully saturated rings. The van der Waals surface area contributed by atoms with Crippen molar-refractivity contribution >= 4 is 12.1 Å². The summed E-state index contributed by atoms with van der Waals surface area (Å²) in [6, 6.07) is 28.3. The first-order valence-electron chi connectivity index (χ1n) is 10.5. The number of hydrogen-bond acceptors (Lipinski definition) is 4. The number of amides is 1. The van der Waals surface area contributed by atoms with E-state index in [0.29, 0.717) is 12.0 Å². The minimum atomic E-state index is -1.25. The topological polar surface area (TPSA) is 55.8 Å². The SMILES string of the molecule is C=CCC1(Cc2ccccc2)C(=O)OC(c2ccccc2)N1C(=O)OCc1ccccc1. The van der Waals surface area contributed by atoms with E-state index in [1.807, 2.05) is 91.0 Å². The van der Waals surface area contributed by atoms with Gasteiger partial charge in [0, 0.05) is 12.0 Å². The van der Waals surface area contributed by atoms with Gasteiger partial charge < -0.3 is 9.47 Å². The number of carbonyl (C=O) groups excluding carboxylic acids is 2. The fourth-order valence-electron chi connectivity index (χ4n) is 4.06. The van der Waals surface area contributed by atoms with Crippen molar-refractivity contribution in [3.8, 4) is 0 Å². The number of cyclic esters (lactones) is 1. The summed E-state index contributed by atoms with van der Waals surface area (Å²) in [5, 5.41) is 0. The lowest BCUT2D eigenvalue weighted by Crippen LogP contribution is -2.53. The van der Waals surface area contributed by atoms with Crippen molar-refractivity contribution in [2.75, 3.05) is 0 Å². The molecule has 3 aromatic rings. The standard InChI is InChI=1S/C27H25NO4/c1-2-18-27(19-21-12-6-3-7-13-21)25(29)32-24(23-16-10-5-11-17-23)28(27)26(30)31-20-22-14-8-4-9-15-22/h2-17,24H,1,18-20H2. The monoisotopic (exact) mass is 427 g/mol. The highest BCUT2D eigenvalue weighted by Gasteiger charge is 2.58. The predicted molar refractivity (Wildman–Crippen MR) is 121 cm³/mol. The van der Waals surface area contributed by atoms with E-state index in [-0.39, 0.29) is 13.0 Å².